The number of hydrogen-bond donors (Lipinski definition) is 0. The van der Waals surface area contributed by atoms with E-state index in [9.17, 15) is 22.0 Å². The van der Waals surface area contributed by atoms with E-state index in [1.165, 1.54) is 27.2 Å². The maximum absolute atomic E-state index is 14.4. The molecule has 0 aliphatic rings. The third kappa shape index (κ3) is 12.1. The van der Waals surface area contributed by atoms with Crippen molar-refractivity contribution in [3.63, 3.8) is 0 Å². The van der Waals surface area contributed by atoms with Crippen LogP contribution in [0.25, 0.3) is 15.7 Å². The molecule has 0 fully saturated rings. The van der Waals surface area contributed by atoms with Crippen LogP contribution < -0.4 is 4.90 Å². The van der Waals surface area contributed by atoms with E-state index in [1.54, 1.807) is 65.6 Å². The quantitative estimate of drug-likeness (QED) is 0.0774. The van der Waals surface area contributed by atoms with Crippen LogP contribution in [0.2, 0.25) is 39.3 Å². The van der Waals surface area contributed by atoms with Crippen molar-refractivity contribution in [3.05, 3.63) is 111 Å². The first kappa shape index (κ1) is 38.9. The molecule has 0 bridgehead atoms. The van der Waals surface area contributed by atoms with E-state index in [4.69, 9.17) is 9.96 Å². The average molecular weight is 696 g/mol. The molecule has 0 unspecified atom stereocenters. The zero-order valence-corrected chi connectivity index (χ0v) is 30.8. The first-order valence-electron chi connectivity index (χ1n) is 14.5. The molecule has 0 heterocycles. The predicted molar refractivity (Wildman–Crippen MR) is 177 cm³/mol. The number of likely N-dealkylation sites (N-methyl/N-ethyl adjacent to an activating group) is 1. The molecule has 0 saturated heterocycles. The summed E-state index contributed by atoms with van der Waals surface area (Å²) in [5.41, 5.74) is 0.0133. The number of rotatable bonds is 13. The summed E-state index contributed by atoms with van der Waals surface area (Å²) in [6.45, 7) is 19.3. The second-order valence-corrected chi connectivity index (χ2v) is 22.1. The smallest absolute Gasteiger partial charge is 0.0135 e. The van der Waals surface area contributed by atoms with Crippen molar-refractivity contribution >= 4 is 33.5 Å². The Balaban J connectivity index is 0.000000376. The van der Waals surface area contributed by atoms with Crippen molar-refractivity contribution in [2.24, 2.45) is 3.42 Å². The molecule has 0 aliphatic heterocycles. The van der Waals surface area contributed by atoms with Crippen LogP contribution in [-0.4, -0.2) is 54.6 Å². The molecule has 13 heteroatoms. The molecule has 5 nitrogen and oxygen atoms in total. The molecule has 0 atom stereocenters. The Labute approximate surface area is 278 Å². The number of para-hydroxylation sites is 2. The molecule has 0 aliphatic carbocycles. The van der Waals surface area contributed by atoms with E-state index in [1.807, 2.05) is 0 Å². The fourth-order valence-electron chi connectivity index (χ4n) is 4.15. The Morgan fingerprint density at radius 1 is 0.667 bits per heavy atom. The van der Waals surface area contributed by atoms with Gasteiger partial charge in [0.1, 0.15) is 0 Å². The minimum atomic E-state index is -2.21. The molecule has 0 spiro atoms. The van der Waals surface area contributed by atoms with Gasteiger partial charge in [0.05, 0.1) is 0 Å². The Hall–Kier alpha value is -2.32. The average Bonchev–Trinajstić information content (AvgIpc) is 2.97. The monoisotopic (exact) mass is 695 g/mol. The van der Waals surface area contributed by atoms with E-state index in [0.29, 0.717) is 11.4 Å². The van der Waals surface area contributed by atoms with Crippen LogP contribution in [0.5, 0.6) is 0 Å². The van der Waals surface area contributed by atoms with Gasteiger partial charge in [-0.15, -0.1) is 13.1 Å². The summed E-state index contributed by atoms with van der Waals surface area (Å²) in [7, 11) is -0.241. The maximum atomic E-state index is 14.4. The molecular weight excluding hydrogens is 653 g/mol. The molecule has 45 heavy (non-hydrogen) atoms. The van der Waals surface area contributed by atoms with Gasteiger partial charge in [-0.2, -0.15) is 0 Å². The maximum Gasteiger partial charge on any atom is -0.0135 e. The van der Waals surface area contributed by atoms with Gasteiger partial charge >= 0.3 is 176 Å². The molecule has 0 N–H and O–H groups in total. The van der Waals surface area contributed by atoms with E-state index >= 15 is 0 Å². The molecule has 0 amide bonds. The van der Waals surface area contributed by atoms with Gasteiger partial charge in [0.2, 0.25) is 0 Å². The number of halogens is 5. The van der Waals surface area contributed by atoms with Crippen LogP contribution in [0.4, 0.5) is 33.3 Å². The minimum Gasteiger partial charge on any atom is -0.664 e. The number of anilines is 2. The summed E-state index contributed by atoms with van der Waals surface area (Å²) < 4.78 is 73.7. The predicted octanol–water partition coefficient (Wildman–Crippen LogP) is 9.97. The topological polar surface area (TPSA) is 47.0 Å². The molecule has 0 saturated carbocycles. The first-order chi connectivity index (χ1) is 21.0. The van der Waals surface area contributed by atoms with Gasteiger partial charge in [-0.3, -0.25) is 0 Å². The standard InChI is InChI=1S/C21H13F5N2.C11H29N3Si2.Ti/c1-12(21(27)15-16(22)18(24)20(26)19(25)17(15)23)28(13-8-4-2-5-9-13)14-10-6-3-7-11-14;1-14(10-8-12-15(2,3)4)11-9-13-16(5,6)7;/h2-11H,1H3;8-11H2,1-7H3;/q;-2;+2/b21-12+;;. The van der Waals surface area contributed by atoms with Crippen LogP contribution in [0, 0.1) is 29.1 Å². The van der Waals surface area contributed by atoms with Crippen molar-refractivity contribution in [2.45, 2.75) is 46.2 Å². The fraction of sp³-hybridized carbons (Fsp3) is 0.375. The van der Waals surface area contributed by atoms with Crippen LogP contribution in [0.3, 0.4) is 0 Å². The Morgan fingerprint density at radius 3 is 1.36 bits per heavy atom. The summed E-state index contributed by atoms with van der Waals surface area (Å²) in [5, 5.41) is 0. The third-order valence-electron chi connectivity index (χ3n) is 6.40. The van der Waals surface area contributed by atoms with Gasteiger partial charge in [0.25, 0.3) is 0 Å². The molecule has 0 aromatic heterocycles. The van der Waals surface area contributed by atoms with Crippen molar-refractivity contribution in [2.75, 3.05) is 38.1 Å². The Bertz CT molecular complexity index is 1340. The summed E-state index contributed by atoms with van der Waals surface area (Å²) in [5.74, 6) is -10.1. The van der Waals surface area contributed by atoms with Crippen molar-refractivity contribution in [1.82, 2.24) is 4.90 Å². The van der Waals surface area contributed by atoms with Crippen molar-refractivity contribution in [3.8, 4) is 0 Å². The van der Waals surface area contributed by atoms with E-state index in [-0.39, 0.29) is 11.4 Å². The van der Waals surface area contributed by atoms with E-state index < -0.39 is 51.1 Å². The summed E-state index contributed by atoms with van der Waals surface area (Å²) >= 11 is 1.23. The summed E-state index contributed by atoms with van der Waals surface area (Å²) in [4.78, 5) is 13.4. The van der Waals surface area contributed by atoms with Gasteiger partial charge in [0.15, 0.2) is 0 Å². The van der Waals surface area contributed by atoms with Gasteiger partial charge in [-0.25, -0.2) is 0 Å². The SMILES string of the molecule is C/C(=C(\[N]=[Ti+2])c1c(F)c(F)c(F)c(F)c1F)N(c1ccccc1)c1ccccc1.CN(CC[N-][Si](C)(C)C)CC[N-][Si](C)(C)C. The van der Waals surface area contributed by atoms with Gasteiger partial charge in [-0.1, -0.05) is 55.8 Å². The molecule has 3 rings (SSSR count). The van der Waals surface area contributed by atoms with Crippen molar-refractivity contribution < 1.29 is 42.2 Å². The molecule has 3 aromatic rings. The number of hydrogen-bond acceptors (Lipinski definition) is 3. The fourth-order valence-corrected chi connectivity index (χ4v) is 6.12. The van der Waals surface area contributed by atoms with Gasteiger partial charge in [-0.05, 0) is 20.1 Å². The molecule has 0 radical (unpaired) electrons. The van der Waals surface area contributed by atoms with Crippen LogP contribution in [-0.2, 0) is 20.3 Å². The second kappa shape index (κ2) is 17.6. The molecule has 242 valence electrons. The first-order valence-corrected chi connectivity index (χ1v) is 22.1. The van der Waals surface area contributed by atoms with Crippen LogP contribution >= 0.6 is 0 Å². The Morgan fingerprint density at radius 2 is 1.02 bits per heavy atom. The summed E-state index contributed by atoms with van der Waals surface area (Å²) in [6, 6.07) is 17.6. The summed E-state index contributed by atoms with van der Waals surface area (Å²) in [6.07, 6.45) is 0. The van der Waals surface area contributed by atoms with Crippen LogP contribution in [0.15, 0.2) is 69.8 Å². The third-order valence-corrected chi connectivity index (χ3v) is 9.09. The van der Waals surface area contributed by atoms with E-state index in [0.717, 1.165) is 26.2 Å². The van der Waals surface area contributed by atoms with Crippen LogP contribution in [0.1, 0.15) is 12.5 Å². The zero-order valence-electron chi connectivity index (χ0n) is 27.2. The van der Waals surface area contributed by atoms with Gasteiger partial charge in [0, 0.05) is 0 Å². The number of allylic oxidation sites excluding steroid dienone is 1. The second-order valence-electron chi connectivity index (χ2n) is 12.4. The zero-order chi connectivity index (χ0) is 33.9. The van der Waals surface area contributed by atoms with E-state index in [2.05, 4.69) is 54.6 Å². The number of benzene rings is 3. The Kier molecular flexibility index (Phi) is 15.2. The largest absolute Gasteiger partial charge is 0.664 e. The number of nitrogens with zero attached hydrogens (tertiary/aromatic N) is 5. The van der Waals surface area contributed by atoms with Gasteiger partial charge < -0.3 is 14.9 Å². The molecular formula is C32H42F5N5Si2Ti. The normalized spacial score (nSPS) is 12.4. The molecule has 3 aromatic carbocycles. The minimum absolute atomic E-state index is 0.188. The van der Waals surface area contributed by atoms with Crippen molar-refractivity contribution in [1.29, 1.82) is 0 Å².